The topological polar surface area (TPSA) is 93.5 Å². The van der Waals surface area contributed by atoms with Gasteiger partial charge in [-0.3, -0.25) is 20.2 Å². The number of ether oxygens (including phenoxy) is 1. The average molecular weight is 375 g/mol. The number of hydrogen-bond acceptors (Lipinski definition) is 5. The van der Waals surface area contributed by atoms with Crippen molar-refractivity contribution in [2.75, 3.05) is 12.4 Å². The van der Waals surface area contributed by atoms with E-state index in [1.807, 2.05) is 0 Å². The van der Waals surface area contributed by atoms with Gasteiger partial charge in [-0.05, 0) is 48.1 Å². The van der Waals surface area contributed by atoms with Crippen LogP contribution >= 0.6 is 12.2 Å². The molecular formula is C17H14FN3O4S. The summed E-state index contributed by atoms with van der Waals surface area (Å²) in [5.74, 6) is -0.752. The van der Waals surface area contributed by atoms with Crippen LogP contribution in [0.5, 0.6) is 5.75 Å². The summed E-state index contributed by atoms with van der Waals surface area (Å²) in [6.07, 6.45) is 2.86. The standard InChI is InChI=1S/C17H14FN3O4S/c1-25-13-6-2-11(3-7-13)4-9-16(22)20-17(26)19-12-5-8-14(18)15(10-12)21(23)24/h2-10H,1H3,(H2,19,20,22,26). The third-order valence-electron chi connectivity index (χ3n) is 3.18. The number of nitro benzene ring substituents is 1. The first-order chi connectivity index (χ1) is 12.4. The molecule has 0 atom stereocenters. The second kappa shape index (κ2) is 8.67. The second-order valence-corrected chi connectivity index (χ2v) is 5.38. The van der Waals surface area contributed by atoms with Gasteiger partial charge in [0.15, 0.2) is 5.11 Å². The van der Waals surface area contributed by atoms with E-state index in [9.17, 15) is 19.3 Å². The Kier molecular flexibility index (Phi) is 6.34. The van der Waals surface area contributed by atoms with Crippen LogP contribution in [0.4, 0.5) is 15.8 Å². The number of nitro groups is 1. The number of carbonyl (C=O) groups excluding carboxylic acids is 1. The number of amides is 1. The van der Waals surface area contributed by atoms with E-state index in [2.05, 4.69) is 10.6 Å². The molecule has 0 aliphatic carbocycles. The molecule has 0 aromatic heterocycles. The van der Waals surface area contributed by atoms with Crippen molar-refractivity contribution in [2.24, 2.45) is 0 Å². The van der Waals surface area contributed by atoms with Crippen molar-refractivity contribution >= 4 is 40.7 Å². The molecule has 0 saturated heterocycles. The van der Waals surface area contributed by atoms with Crippen molar-refractivity contribution in [1.82, 2.24) is 5.32 Å². The monoisotopic (exact) mass is 375 g/mol. The van der Waals surface area contributed by atoms with Gasteiger partial charge in [-0.15, -0.1) is 0 Å². The number of nitrogens with one attached hydrogen (secondary N) is 2. The van der Waals surface area contributed by atoms with Crippen LogP contribution in [0.3, 0.4) is 0 Å². The molecule has 0 unspecified atom stereocenters. The maximum absolute atomic E-state index is 13.3. The minimum absolute atomic E-state index is 0.0738. The lowest BCUT2D eigenvalue weighted by molar-refractivity contribution is -0.387. The first kappa shape index (κ1) is 19.0. The number of thiocarbonyl (C=S) groups is 1. The zero-order valence-corrected chi connectivity index (χ0v) is 14.4. The van der Waals surface area contributed by atoms with Crippen molar-refractivity contribution in [2.45, 2.75) is 0 Å². The number of methoxy groups -OCH3 is 1. The molecule has 2 N–H and O–H groups in total. The lowest BCUT2D eigenvalue weighted by Crippen LogP contribution is -2.32. The molecule has 1 amide bonds. The van der Waals surface area contributed by atoms with Crippen molar-refractivity contribution < 1.29 is 18.8 Å². The number of carbonyl (C=O) groups is 1. The molecule has 134 valence electrons. The molecule has 0 radical (unpaired) electrons. The number of nitrogens with zero attached hydrogens (tertiary/aromatic N) is 1. The van der Waals surface area contributed by atoms with Crippen LogP contribution in [0.1, 0.15) is 5.56 Å². The normalized spacial score (nSPS) is 10.4. The van der Waals surface area contributed by atoms with Gasteiger partial charge in [-0.2, -0.15) is 4.39 Å². The van der Waals surface area contributed by atoms with Gasteiger partial charge >= 0.3 is 5.69 Å². The van der Waals surface area contributed by atoms with E-state index in [-0.39, 0.29) is 10.8 Å². The van der Waals surface area contributed by atoms with Crippen molar-refractivity contribution in [3.63, 3.8) is 0 Å². The summed E-state index contributed by atoms with van der Waals surface area (Å²) >= 11 is 4.96. The zero-order chi connectivity index (χ0) is 19.1. The fourth-order valence-electron chi connectivity index (χ4n) is 1.93. The van der Waals surface area contributed by atoms with Gasteiger partial charge in [0.2, 0.25) is 11.7 Å². The highest BCUT2D eigenvalue weighted by Gasteiger charge is 2.14. The molecule has 0 saturated carbocycles. The Morgan fingerprint density at radius 3 is 2.58 bits per heavy atom. The van der Waals surface area contributed by atoms with Crippen molar-refractivity contribution in [3.8, 4) is 5.75 Å². The molecule has 0 bridgehead atoms. The summed E-state index contributed by atoms with van der Waals surface area (Å²) in [5.41, 5.74) is 0.278. The van der Waals surface area contributed by atoms with Gasteiger partial charge < -0.3 is 10.1 Å². The third-order valence-corrected chi connectivity index (χ3v) is 3.38. The number of anilines is 1. The zero-order valence-electron chi connectivity index (χ0n) is 13.6. The molecule has 0 heterocycles. The van der Waals surface area contributed by atoms with Gasteiger partial charge in [-0.1, -0.05) is 12.1 Å². The Morgan fingerprint density at radius 1 is 1.27 bits per heavy atom. The van der Waals surface area contributed by atoms with E-state index >= 15 is 0 Å². The Labute approximate surface area is 153 Å². The van der Waals surface area contributed by atoms with Crippen LogP contribution in [-0.2, 0) is 4.79 Å². The van der Waals surface area contributed by atoms with Crippen molar-refractivity contribution in [1.29, 1.82) is 0 Å². The Morgan fingerprint density at radius 2 is 1.96 bits per heavy atom. The fraction of sp³-hybridized carbons (Fsp3) is 0.0588. The van der Waals surface area contributed by atoms with E-state index in [0.29, 0.717) is 5.75 Å². The third kappa shape index (κ3) is 5.35. The maximum atomic E-state index is 13.3. The summed E-state index contributed by atoms with van der Waals surface area (Å²) in [4.78, 5) is 21.7. The van der Waals surface area contributed by atoms with Crippen LogP contribution in [0.25, 0.3) is 6.08 Å². The highest BCUT2D eigenvalue weighted by atomic mass is 32.1. The summed E-state index contributed by atoms with van der Waals surface area (Å²) in [5, 5.41) is 15.6. The van der Waals surface area contributed by atoms with Gasteiger partial charge in [0.05, 0.1) is 12.0 Å². The molecule has 0 aliphatic rings. The average Bonchev–Trinajstić information content (AvgIpc) is 2.61. The minimum Gasteiger partial charge on any atom is -0.497 e. The molecule has 9 heteroatoms. The first-order valence-corrected chi connectivity index (χ1v) is 7.68. The molecule has 0 aliphatic heterocycles. The Bertz CT molecular complexity index is 869. The molecule has 2 aromatic carbocycles. The van der Waals surface area contributed by atoms with Crippen LogP contribution in [0, 0.1) is 15.9 Å². The summed E-state index contributed by atoms with van der Waals surface area (Å²) in [6, 6.07) is 10.3. The number of halogens is 1. The quantitative estimate of drug-likeness (QED) is 0.361. The lowest BCUT2D eigenvalue weighted by atomic mass is 10.2. The van der Waals surface area contributed by atoms with Crippen LogP contribution in [-0.4, -0.2) is 23.1 Å². The Balaban J connectivity index is 1.94. The lowest BCUT2D eigenvalue weighted by Gasteiger charge is -2.08. The number of benzene rings is 2. The summed E-state index contributed by atoms with van der Waals surface area (Å²) in [7, 11) is 1.56. The van der Waals surface area contributed by atoms with Crippen LogP contribution in [0.2, 0.25) is 0 Å². The SMILES string of the molecule is COc1ccc(C=CC(=O)NC(=S)Nc2ccc(F)c([N+](=O)[O-])c2)cc1. The highest BCUT2D eigenvalue weighted by molar-refractivity contribution is 7.80. The predicted octanol–water partition coefficient (Wildman–Crippen LogP) is 3.27. The fourth-order valence-corrected chi connectivity index (χ4v) is 2.15. The van der Waals surface area contributed by atoms with Gasteiger partial charge in [0, 0.05) is 17.8 Å². The molecule has 0 spiro atoms. The molecule has 26 heavy (non-hydrogen) atoms. The van der Waals surface area contributed by atoms with Crippen molar-refractivity contribution in [3.05, 3.63) is 70.0 Å². The largest absolute Gasteiger partial charge is 0.497 e. The minimum atomic E-state index is -0.960. The molecule has 0 fully saturated rings. The highest BCUT2D eigenvalue weighted by Crippen LogP contribution is 2.21. The van der Waals surface area contributed by atoms with E-state index in [4.69, 9.17) is 17.0 Å². The predicted molar refractivity (Wildman–Crippen MR) is 99.4 cm³/mol. The van der Waals surface area contributed by atoms with Gasteiger partial charge in [-0.25, -0.2) is 0 Å². The van der Waals surface area contributed by atoms with Gasteiger partial charge in [0.1, 0.15) is 5.75 Å². The molecular weight excluding hydrogens is 361 g/mol. The second-order valence-electron chi connectivity index (χ2n) is 4.97. The molecule has 2 aromatic rings. The number of hydrogen-bond donors (Lipinski definition) is 2. The van der Waals surface area contributed by atoms with Crippen LogP contribution in [0.15, 0.2) is 48.5 Å². The molecule has 7 nitrogen and oxygen atoms in total. The maximum Gasteiger partial charge on any atom is 0.306 e. The van der Waals surface area contributed by atoms with E-state index in [0.717, 1.165) is 17.7 Å². The van der Waals surface area contributed by atoms with E-state index in [1.54, 1.807) is 37.5 Å². The van der Waals surface area contributed by atoms with E-state index < -0.39 is 22.3 Å². The smallest absolute Gasteiger partial charge is 0.306 e. The summed E-state index contributed by atoms with van der Waals surface area (Å²) in [6.45, 7) is 0. The van der Waals surface area contributed by atoms with Gasteiger partial charge in [0.25, 0.3) is 0 Å². The Hall–Kier alpha value is -3.33. The summed E-state index contributed by atoms with van der Waals surface area (Å²) < 4.78 is 18.3. The van der Waals surface area contributed by atoms with Crippen LogP contribution < -0.4 is 15.4 Å². The number of rotatable bonds is 5. The first-order valence-electron chi connectivity index (χ1n) is 7.27. The van der Waals surface area contributed by atoms with E-state index in [1.165, 1.54) is 12.1 Å². The molecule has 2 rings (SSSR count).